The third kappa shape index (κ3) is 5.78. The van der Waals surface area contributed by atoms with Crippen LogP contribution in [0.15, 0.2) is 109 Å². The van der Waals surface area contributed by atoms with Gasteiger partial charge in [0.25, 0.3) is 23.6 Å². The molecule has 2 aliphatic heterocycles. The number of aromatic nitrogens is 1. The van der Waals surface area contributed by atoms with E-state index in [2.05, 4.69) is 10.4 Å². The van der Waals surface area contributed by atoms with Crippen LogP contribution in [0.25, 0.3) is 10.8 Å². The van der Waals surface area contributed by atoms with Crippen LogP contribution in [-0.2, 0) is 30.8 Å². The van der Waals surface area contributed by atoms with Crippen LogP contribution in [0.2, 0.25) is 10.0 Å². The lowest BCUT2D eigenvalue weighted by atomic mass is 9.48. The molecule has 1 saturated carbocycles. The fourth-order valence-corrected chi connectivity index (χ4v) is 10.1. The third-order valence-electron chi connectivity index (χ3n) is 12.2. The number of halogens is 6. The summed E-state index contributed by atoms with van der Waals surface area (Å²) in [5.74, 6) is -9.39. The number of fused-ring (bicyclic) bond motifs is 5. The molecule has 5 aromatic rings. The highest BCUT2D eigenvalue weighted by Gasteiger charge is 2.71. The predicted octanol–water partition coefficient (Wildman–Crippen LogP) is 8.44. The average Bonchev–Trinajstić information content (AvgIpc) is 3.59. The number of anilines is 2. The van der Waals surface area contributed by atoms with Crippen molar-refractivity contribution in [2.75, 3.05) is 17.5 Å². The number of hydrazine groups is 2. The molecule has 3 fully saturated rings. The largest absolute Gasteiger partial charge is 0.508 e. The molecule has 0 unspecified atom stereocenters. The van der Waals surface area contributed by atoms with Gasteiger partial charge in [0.05, 0.1) is 33.9 Å². The van der Waals surface area contributed by atoms with Gasteiger partial charge in [-0.05, 0) is 89.7 Å². The zero-order valence-corrected chi connectivity index (χ0v) is 32.3. The van der Waals surface area contributed by atoms with E-state index in [-0.39, 0.29) is 29.3 Å². The van der Waals surface area contributed by atoms with Crippen molar-refractivity contribution >= 4 is 69.1 Å². The summed E-state index contributed by atoms with van der Waals surface area (Å²) in [4.78, 5) is 63.2. The van der Waals surface area contributed by atoms with Gasteiger partial charge in [-0.3, -0.25) is 29.6 Å². The maximum atomic E-state index is 15.5. The van der Waals surface area contributed by atoms with E-state index in [1.165, 1.54) is 37.4 Å². The molecule has 4 aliphatic rings. The second-order valence-electron chi connectivity index (χ2n) is 15.1. The number of carbonyl (C=O) groups is 4. The lowest BCUT2D eigenvalue weighted by Crippen LogP contribution is -2.53. The minimum absolute atomic E-state index is 0.0156. The van der Waals surface area contributed by atoms with Crippen LogP contribution in [0.3, 0.4) is 0 Å². The van der Waals surface area contributed by atoms with E-state index in [9.17, 15) is 37.1 Å². The van der Waals surface area contributed by atoms with Crippen molar-refractivity contribution in [3.05, 3.63) is 141 Å². The first-order valence-corrected chi connectivity index (χ1v) is 19.3. The summed E-state index contributed by atoms with van der Waals surface area (Å²) in [6.07, 6.45) is -3.21. The molecule has 3 heterocycles. The van der Waals surface area contributed by atoms with Crippen LogP contribution < -0.4 is 10.4 Å². The Morgan fingerprint density at radius 3 is 2.29 bits per heavy atom. The Morgan fingerprint density at radius 2 is 1.58 bits per heavy atom. The molecular weight excluding hydrogens is 813 g/mol. The normalized spacial score (nSPS) is 25.2. The Hall–Kier alpha value is -5.99. The first-order chi connectivity index (χ1) is 28.1. The standard InChI is InChI=1S/C43H31Cl2F4N5O5/c1-52(37-31(45)17-19-33(50-37)43(47,48)49)54-38(56)28-16-15-27-29(34(28)40(54)58)20-30-39(57)53(51-25-13-11-24(46)12-14-25)41(59)42(30,22-7-9-23(44)10-8-22)36(27)35-26-5-3-2-4-21(26)6-18-32(35)55/h2-15,17-19,28-30,34,36,51,55H,16,20H2,1H3/t28-,29+,30-,34-,36+,42+/m0/s1. The molecule has 4 amide bonds. The molecule has 2 aliphatic carbocycles. The van der Waals surface area contributed by atoms with Crippen molar-refractivity contribution < 1.29 is 41.8 Å². The average molecular weight is 845 g/mol. The van der Waals surface area contributed by atoms with Gasteiger partial charge in [-0.2, -0.15) is 23.2 Å². The molecule has 6 atom stereocenters. The molecule has 2 saturated heterocycles. The Kier molecular flexibility index (Phi) is 9.01. The van der Waals surface area contributed by atoms with E-state index in [4.69, 9.17) is 23.2 Å². The van der Waals surface area contributed by atoms with E-state index in [0.29, 0.717) is 38.6 Å². The number of benzene rings is 4. The van der Waals surface area contributed by atoms with E-state index >= 15 is 4.79 Å². The van der Waals surface area contributed by atoms with Crippen LogP contribution in [0, 0.1) is 29.5 Å². The monoisotopic (exact) mass is 843 g/mol. The molecule has 1 aromatic heterocycles. The van der Waals surface area contributed by atoms with Crippen molar-refractivity contribution in [2.24, 2.45) is 23.7 Å². The second-order valence-corrected chi connectivity index (χ2v) is 15.9. The highest BCUT2D eigenvalue weighted by Crippen LogP contribution is 2.65. The van der Waals surface area contributed by atoms with Gasteiger partial charge in [0, 0.05) is 23.6 Å². The minimum atomic E-state index is -4.85. The van der Waals surface area contributed by atoms with Gasteiger partial charge in [0.1, 0.15) is 17.3 Å². The third-order valence-corrected chi connectivity index (χ3v) is 12.7. The summed E-state index contributed by atoms with van der Waals surface area (Å²) in [5.41, 5.74) is 1.29. The number of hydrogen-bond acceptors (Lipinski definition) is 8. The molecule has 16 heteroatoms. The molecule has 300 valence electrons. The maximum Gasteiger partial charge on any atom is 0.433 e. The number of aromatic hydroxyl groups is 1. The highest BCUT2D eigenvalue weighted by atomic mass is 35.5. The molecule has 0 bridgehead atoms. The van der Waals surface area contributed by atoms with Crippen molar-refractivity contribution in [1.29, 1.82) is 0 Å². The van der Waals surface area contributed by atoms with Crippen LogP contribution in [-0.4, -0.2) is 50.8 Å². The SMILES string of the molecule is CN(c1nc(C(F)(F)F)ccc1Cl)N1C(=O)[C@H]2[C@H](CC=C3[C@H]2C[C@H]2C(=O)N(Nc4ccc(F)cc4)C(=O)[C@@]2(c2ccc(Cl)cc2)[C@H]3c2c(O)ccc3ccccc23)C1=O. The van der Waals surface area contributed by atoms with E-state index in [0.717, 1.165) is 21.1 Å². The van der Waals surface area contributed by atoms with E-state index in [1.54, 1.807) is 48.5 Å². The lowest BCUT2D eigenvalue weighted by Gasteiger charge is -2.51. The van der Waals surface area contributed by atoms with Crippen LogP contribution >= 0.6 is 23.2 Å². The number of allylic oxidation sites excluding steroid dienone is 2. The quantitative estimate of drug-likeness (QED) is 0.0993. The first kappa shape index (κ1) is 38.5. The summed E-state index contributed by atoms with van der Waals surface area (Å²) >= 11 is 12.7. The van der Waals surface area contributed by atoms with Gasteiger partial charge in [0.2, 0.25) is 0 Å². The summed E-state index contributed by atoms with van der Waals surface area (Å²) in [7, 11) is 1.22. The molecule has 0 radical (unpaired) electrons. The first-order valence-electron chi connectivity index (χ1n) is 18.5. The number of rotatable bonds is 6. The van der Waals surface area contributed by atoms with Gasteiger partial charge in [-0.25, -0.2) is 9.37 Å². The van der Waals surface area contributed by atoms with Gasteiger partial charge in [0.15, 0.2) is 5.82 Å². The number of carbonyl (C=O) groups excluding carboxylic acids is 4. The Labute approximate surface area is 343 Å². The van der Waals surface area contributed by atoms with Crippen LogP contribution in [0.1, 0.15) is 35.6 Å². The lowest BCUT2D eigenvalue weighted by molar-refractivity contribution is -0.142. The van der Waals surface area contributed by atoms with Gasteiger partial charge in [-0.1, -0.05) is 77.3 Å². The Morgan fingerprint density at radius 1 is 0.864 bits per heavy atom. The number of pyridine rings is 1. The number of phenolic OH excluding ortho intramolecular Hbond substituents is 1. The van der Waals surface area contributed by atoms with E-state index < -0.39 is 82.1 Å². The molecule has 2 N–H and O–H groups in total. The zero-order valence-electron chi connectivity index (χ0n) is 30.8. The van der Waals surface area contributed by atoms with Crippen LogP contribution in [0.4, 0.5) is 29.1 Å². The number of nitrogens with one attached hydrogen (secondary N) is 1. The number of phenols is 1. The topological polar surface area (TPSA) is 123 Å². The summed E-state index contributed by atoms with van der Waals surface area (Å²) in [6.45, 7) is 0. The number of alkyl halides is 3. The Balaban J connectivity index is 1.24. The van der Waals surface area contributed by atoms with Crippen molar-refractivity contribution in [1.82, 2.24) is 15.0 Å². The van der Waals surface area contributed by atoms with Gasteiger partial charge >= 0.3 is 6.18 Å². The van der Waals surface area contributed by atoms with Gasteiger partial charge in [-0.15, -0.1) is 0 Å². The summed E-state index contributed by atoms with van der Waals surface area (Å²) in [6, 6.07) is 23.6. The summed E-state index contributed by atoms with van der Waals surface area (Å²) < 4.78 is 55.2. The number of hydrogen-bond donors (Lipinski definition) is 2. The fraction of sp³-hybridized carbons (Fsp3) is 0.233. The molecule has 9 rings (SSSR count). The fourth-order valence-electron chi connectivity index (χ4n) is 9.75. The minimum Gasteiger partial charge on any atom is -0.508 e. The zero-order chi connectivity index (χ0) is 41.7. The van der Waals surface area contributed by atoms with Crippen molar-refractivity contribution in [2.45, 2.75) is 30.4 Å². The predicted molar refractivity (Wildman–Crippen MR) is 209 cm³/mol. The number of imide groups is 2. The van der Waals surface area contributed by atoms with Crippen molar-refractivity contribution in [3.8, 4) is 5.75 Å². The smallest absolute Gasteiger partial charge is 0.433 e. The molecule has 10 nitrogen and oxygen atoms in total. The van der Waals surface area contributed by atoms with E-state index in [1.807, 2.05) is 12.1 Å². The second kappa shape index (κ2) is 13.8. The molecule has 0 spiro atoms. The molecular formula is C43H31Cl2F4N5O5. The summed E-state index contributed by atoms with van der Waals surface area (Å²) in [5, 5.41) is 15.9. The Bertz CT molecular complexity index is 2640. The maximum absolute atomic E-state index is 15.5. The molecule has 4 aromatic carbocycles. The van der Waals surface area contributed by atoms with Crippen LogP contribution in [0.5, 0.6) is 5.75 Å². The molecule has 59 heavy (non-hydrogen) atoms. The number of amides is 4. The van der Waals surface area contributed by atoms with Gasteiger partial charge < -0.3 is 5.11 Å². The highest BCUT2D eigenvalue weighted by molar-refractivity contribution is 6.33. The van der Waals surface area contributed by atoms with Crippen molar-refractivity contribution in [3.63, 3.8) is 0 Å². The number of nitrogens with zero attached hydrogens (tertiary/aromatic N) is 4.